The highest BCUT2D eigenvalue weighted by molar-refractivity contribution is 9.10. The van der Waals surface area contributed by atoms with Crippen molar-refractivity contribution in [2.24, 2.45) is 0 Å². The second kappa shape index (κ2) is 14.3. The fourth-order valence-corrected chi connectivity index (χ4v) is 7.82. The number of methoxy groups -OCH3 is 1. The Morgan fingerprint density at radius 3 is 2.27 bits per heavy atom. The third-order valence-electron chi connectivity index (χ3n) is 7.32. The molecule has 4 rings (SSSR count). The summed E-state index contributed by atoms with van der Waals surface area (Å²) in [7, 11) is -2.86. The third kappa shape index (κ3) is 7.86. The predicted octanol–water partition coefficient (Wildman–Crippen LogP) is 6.90. The first kappa shape index (κ1) is 34.4. The SMILES string of the molecule is COCCCC(Cc1ccccc1)(C(=O)NS(=O)(=O)c1ccccc1)N(C(=O)c1cc(Br)c(C(C)(C)C)cc1F)c1nccs1. The van der Waals surface area contributed by atoms with Gasteiger partial charge in [-0.15, -0.1) is 11.3 Å². The number of sulfonamides is 1. The summed E-state index contributed by atoms with van der Waals surface area (Å²) in [5.74, 6) is -2.58. The van der Waals surface area contributed by atoms with Gasteiger partial charge in [-0.1, -0.05) is 85.2 Å². The largest absolute Gasteiger partial charge is 0.385 e. The number of carbonyl (C=O) groups excluding carboxylic acids is 2. The van der Waals surface area contributed by atoms with Crippen LogP contribution in [0.15, 0.2) is 93.7 Å². The summed E-state index contributed by atoms with van der Waals surface area (Å²) >= 11 is 4.59. The number of aromatic nitrogens is 1. The highest BCUT2D eigenvalue weighted by Gasteiger charge is 2.50. The number of anilines is 1. The van der Waals surface area contributed by atoms with Crippen LogP contribution in [-0.2, 0) is 31.4 Å². The van der Waals surface area contributed by atoms with Crippen molar-refractivity contribution in [1.29, 1.82) is 0 Å². The summed E-state index contributed by atoms with van der Waals surface area (Å²) < 4.78 is 51.0. The highest BCUT2D eigenvalue weighted by Crippen LogP contribution is 2.38. The van der Waals surface area contributed by atoms with Gasteiger partial charge in [0, 0.05) is 36.2 Å². The minimum absolute atomic E-state index is 0.0277. The molecule has 0 radical (unpaired) electrons. The molecule has 238 valence electrons. The summed E-state index contributed by atoms with van der Waals surface area (Å²) in [5.41, 5.74) is -1.30. The maximum atomic E-state index is 15.9. The van der Waals surface area contributed by atoms with E-state index in [2.05, 4.69) is 25.6 Å². The summed E-state index contributed by atoms with van der Waals surface area (Å²) in [5, 5.41) is 1.74. The Labute approximate surface area is 275 Å². The second-order valence-electron chi connectivity index (χ2n) is 11.6. The molecule has 1 atom stereocenters. The van der Waals surface area contributed by atoms with Gasteiger partial charge in [-0.05, 0) is 53.6 Å². The van der Waals surface area contributed by atoms with Gasteiger partial charge in [0.25, 0.3) is 21.8 Å². The fourth-order valence-electron chi connectivity index (χ4n) is 5.09. The van der Waals surface area contributed by atoms with Crippen molar-refractivity contribution < 1.29 is 27.1 Å². The maximum Gasteiger partial charge on any atom is 0.264 e. The summed E-state index contributed by atoms with van der Waals surface area (Å²) in [6.45, 7) is 5.99. The Hall–Kier alpha value is -3.45. The number of benzene rings is 3. The van der Waals surface area contributed by atoms with Gasteiger partial charge in [0.15, 0.2) is 5.13 Å². The third-order valence-corrected chi connectivity index (χ3v) is 10.1. The summed E-state index contributed by atoms with van der Waals surface area (Å²) in [6, 6.07) is 19.1. The first-order chi connectivity index (χ1) is 21.3. The second-order valence-corrected chi connectivity index (χ2v) is 15.0. The standard InChI is InChI=1S/C33H35BrFN3O5S2/c1-32(2,3)26-21-28(35)25(20-27(26)34)29(39)38(31-36-17-19-44-31)33(16-11-18-43-4,22-23-12-7-5-8-13-23)30(40)37-45(41,42)24-14-9-6-10-15-24/h5-10,12-15,17,19-21H,11,16,18,22H2,1-4H3,(H,37,40). The van der Waals surface area contributed by atoms with Crippen molar-refractivity contribution in [3.8, 4) is 0 Å². The molecule has 8 nitrogen and oxygen atoms in total. The molecule has 1 N–H and O–H groups in total. The van der Waals surface area contributed by atoms with Crippen LogP contribution >= 0.6 is 27.3 Å². The van der Waals surface area contributed by atoms with Crippen molar-refractivity contribution in [1.82, 2.24) is 9.71 Å². The summed E-state index contributed by atoms with van der Waals surface area (Å²) in [6.07, 6.45) is 1.62. The molecule has 0 aliphatic carbocycles. The van der Waals surface area contributed by atoms with Gasteiger partial charge in [-0.25, -0.2) is 22.5 Å². The lowest BCUT2D eigenvalue weighted by atomic mass is 9.83. The van der Waals surface area contributed by atoms with E-state index in [-0.39, 0.29) is 41.5 Å². The van der Waals surface area contributed by atoms with E-state index in [9.17, 15) is 18.0 Å². The Morgan fingerprint density at radius 2 is 1.69 bits per heavy atom. The zero-order valence-electron chi connectivity index (χ0n) is 25.4. The molecule has 1 unspecified atom stereocenters. The van der Waals surface area contributed by atoms with Gasteiger partial charge in [0.05, 0.1) is 10.5 Å². The Balaban J connectivity index is 1.96. The van der Waals surface area contributed by atoms with Crippen molar-refractivity contribution >= 4 is 54.2 Å². The van der Waals surface area contributed by atoms with Crippen molar-refractivity contribution in [3.63, 3.8) is 0 Å². The molecule has 0 bridgehead atoms. The first-order valence-electron chi connectivity index (χ1n) is 14.2. The van der Waals surface area contributed by atoms with Gasteiger partial charge < -0.3 is 4.74 Å². The van der Waals surface area contributed by atoms with E-state index in [1.807, 2.05) is 26.8 Å². The molecule has 0 aliphatic heterocycles. The lowest BCUT2D eigenvalue weighted by molar-refractivity contribution is -0.124. The van der Waals surface area contributed by atoms with Crippen LogP contribution in [0.1, 0.15) is 55.1 Å². The normalized spacial score (nSPS) is 13.2. The number of hydrogen-bond acceptors (Lipinski definition) is 7. The quantitative estimate of drug-likeness (QED) is 0.160. The Morgan fingerprint density at radius 1 is 1.04 bits per heavy atom. The van der Waals surface area contributed by atoms with E-state index in [1.165, 1.54) is 37.6 Å². The van der Waals surface area contributed by atoms with Crippen LogP contribution in [0.25, 0.3) is 0 Å². The summed E-state index contributed by atoms with van der Waals surface area (Å²) in [4.78, 5) is 34.7. The number of amides is 2. The zero-order valence-corrected chi connectivity index (χ0v) is 28.6. The van der Waals surface area contributed by atoms with E-state index in [1.54, 1.807) is 47.8 Å². The van der Waals surface area contributed by atoms with E-state index in [0.717, 1.165) is 16.2 Å². The molecule has 45 heavy (non-hydrogen) atoms. The molecular formula is C33H35BrFN3O5S2. The van der Waals surface area contributed by atoms with Gasteiger partial charge in [-0.2, -0.15) is 0 Å². The Bertz CT molecular complexity index is 1730. The minimum Gasteiger partial charge on any atom is -0.385 e. The number of thiazole rings is 1. The van der Waals surface area contributed by atoms with Crippen molar-refractivity contribution in [2.75, 3.05) is 18.6 Å². The number of halogens is 2. The number of hydrogen-bond donors (Lipinski definition) is 1. The van der Waals surface area contributed by atoms with E-state index < -0.39 is 38.6 Å². The van der Waals surface area contributed by atoms with Gasteiger partial charge >= 0.3 is 0 Å². The average Bonchev–Trinajstić information content (AvgIpc) is 3.52. The molecule has 0 fully saturated rings. The molecular weight excluding hydrogens is 681 g/mol. The van der Waals surface area contributed by atoms with Gasteiger partial charge in [-0.3, -0.25) is 14.5 Å². The molecule has 0 saturated heterocycles. The van der Waals surface area contributed by atoms with E-state index in [0.29, 0.717) is 15.6 Å². The van der Waals surface area contributed by atoms with Crippen LogP contribution in [0.2, 0.25) is 0 Å². The highest BCUT2D eigenvalue weighted by atomic mass is 79.9. The lowest BCUT2D eigenvalue weighted by Gasteiger charge is -2.41. The average molecular weight is 717 g/mol. The minimum atomic E-state index is -4.36. The molecule has 3 aromatic carbocycles. The van der Waals surface area contributed by atoms with Crippen LogP contribution in [0.3, 0.4) is 0 Å². The van der Waals surface area contributed by atoms with E-state index >= 15 is 4.39 Å². The van der Waals surface area contributed by atoms with E-state index in [4.69, 9.17) is 4.74 Å². The van der Waals surface area contributed by atoms with Crippen LogP contribution < -0.4 is 9.62 Å². The van der Waals surface area contributed by atoms with Crippen LogP contribution in [0, 0.1) is 5.82 Å². The number of ether oxygens (including phenoxy) is 1. The number of rotatable bonds is 12. The topological polar surface area (TPSA) is 106 Å². The zero-order chi connectivity index (χ0) is 32.8. The van der Waals surface area contributed by atoms with Crippen LogP contribution in [0.4, 0.5) is 9.52 Å². The number of carbonyl (C=O) groups is 2. The monoisotopic (exact) mass is 715 g/mol. The van der Waals surface area contributed by atoms with Gasteiger partial charge in [0.1, 0.15) is 11.4 Å². The van der Waals surface area contributed by atoms with Crippen molar-refractivity contribution in [2.45, 2.75) is 55.9 Å². The molecule has 2 amide bonds. The molecule has 0 aliphatic rings. The fraction of sp³-hybridized carbons (Fsp3) is 0.303. The maximum absolute atomic E-state index is 15.9. The molecule has 1 heterocycles. The number of nitrogens with zero attached hydrogens (tertiary/aromatic N) is 2. The lowest BCUT2D eigenvalue weighted by Crippen LogP contribution is -2.63. The molecule has 0 spiro atoms. The first-order valence-corrected chi connectivity index (χ1v) is 17.3. The molecule has 12 heteroatoms. The van der Waals surface area contributed by atoms with Crippen molar-refractivity contribution in [3.05, 3.63) is 111 Å². The molecule has 4 aromatic rings. The smallest absolute Gasteiger partial charge is 0.264 e. The van der Waals surface area contributed by atoms with Gasteiger partial charge in [0.2, 0.25) is 0 Å². The molecule has 0 saturated carbocycles. The predicted molar refractivity (Wildman–Crippen MR) is 177 cm³/mol. The van der Waals surface area contributed by atoms with Crippen LogP contribution in [-0.4, -0.2) is 44.5 Å². The van der Waals surface area contributed by atoms with Crippen LogP contribution in [0.5, 0.6) is 0 Å². The Kier molecular flexibility index (Phi) is 11.0. The molecule has 1 aromatic heterocycles. The number of nitrogens with one attached hydrogen (secondary N) is 1.